The van der Waals surface area contributed by atoms with Gasteiger partial charge in [0.2, 0.25) is 0 Å². The van der Waals surface area contributed by atoms with Crippen molar-refractivity contribution in [3.8, 4) is 11.3 Å². The van der Waals surface area contributed by atoms with Crippen LogP contribution in [0.1, 0.15) is 46.5 Å². The zero-order chi connectivity index (χ0) is 21.8. The molecule has 4 heterocycles. The average molecular weight is 425 g/mol. The first-order valence-electron chi connectivity index (χ1n) is 10.8. The Kier molecular flexibility index (Phi) is 5.70. The smallest absolute Gasteiger partial charge is 0.272 e. The van der Waals surface area contributed by atoms with Gasteiger partial charge in [0.1, 0.15) is 17.8 Å². The van der Waals surface area contributed by atoms with Crippen molar-refractivity contribution in [1.82, 2.24) is 24.8 Å². The lowest BCUT2D eigenvalue weighted by molar-refractivity contribution is 0.0692. The number of pyridine rings is 1. The summed E-state index contributed by atoms with van der Waals surface area (Å²) in [5, 5.41) is 0. The number of amides is 1. The molecular weight excluding hydrogens is 402 g/mol. The molecule has 7 heteroatoms. The first kappa shape index (κ1) is 20.1. The highest BCUT2D eigenvalue weighted by Crippen LogP contribution is 2.28. The monoisotopic (exact) mass is 425 g/mol. The Hall–Kier alpha value is -3.87. The van der Waals surface area contributed by atoms with Crippen molar-refractivity contribution in [3.63, 3.8) is 0 Å². The Morgan fingerprint density at radius 1 is 1.03 bits per heavy atom. The number of carbonyl (C=O) groups excluding carboxylic acids is 1. The number of piperidine rings is 1. The van der Waals surface area contributed by atoms with Crippen LogP contribution in [0.5, 0.6) is 0 Å². The summed E-state index contributed by atoms with van der Waals surface area (Å²) in [5.41, 5.74) is 3.07. The molecule has 1 aliphatic rings. The molecule has 0 spiro atoms. The second-order valence-corrected chi connectivity index (χ2v) is 7.95. The summed E-state index contributed by atoms with van der Waals surface area (Å²) in [4.78, 5) is 32.2. The molecule has 1 unspecified atom stereocenters. The third-order valence-electron chi connectivity index (χ3n) is 5.68. The molecule has 0 bridgehead atoms. The van der Waals surface area contributed by atoms with Crippen molar-refractivity contribution in [2.75, 3.05) is 13.1 Å². The highest BCUT2D eigenvalue weighted by atomic mass is 16.4. The Morgan fingerprint density at radius 2 is 1.88 bits per heavy atom. The Morgan fingerprint density at radius 3 is 2.72 bits per heavy atom. The van der Waals surface area contributed by atoms with E-state index in [9.17, 15) is 4.79 Å². The lowest BCUT2D eigenvalue weighted by Crippen LogP contribution is -2.39. The first-order chi connectivity index (χ1) is 15.8. The minimum absolute atomic E-state index is 0.0792. The second-order valence-electron chi connectivity index (χ2n) is 7.95. The SMILES string of the molecule is O=C(c1cccc(-c2cncnc2)n1)N1CCCC(c2ncc(Cc3ccccc3)o2)C1. The van der Waals surface area contributed by atoms with Gasteiger partial charge >= 0.3 is 0 Å². The van der Waals surface area contributed by atoms with Crippen LogP contribution >= 0.6 is 0 Å². The number of benzene rings is 1. The zero-order valence-corrected chi connectivity index (χ0v) is 17.6. The van der Waals surface area contributed by atoms with Gasteiger partial charge in [-0.15, -0.1) is 0 Å². The van der Waals surface area contributed by atoms with Crippen molar-refractivity contribution in [2.45, 2.75) is 25.2 Å². The molecule has 0 aliphatic carbocycles. The van der Waals surface area contributed by atoms with Crippen LogP contribution in [-0.2, 0) is 6.42 Å². The van der Waals surface area contributed by atoms with Gasteiger partial charge in [-0.3, -0.25) is 4.79 Å². The largest absolute Gasteiger partial charge is 0.445 e. The fourth-order valence-corrected chi connectivity index (χ4v) is 4.06. The molecule has 1 saturated heterocycles. The lowest BCUT2D eigenvalue weighted by Gasteiger charge is -2.31. The van der Waals surface area contributed by atoms with E-state index in [2.05, 4.69) is 32.1 Å². The van der Waals surface area contributed by atoms with Gasteiger partial charge in [-0.1, -0.05) is 36.4 Å². The summed E-state index contributed by atoms with van der Waals surface area (Å²) >= 11 is 0. The van der Waals surface area contributed by atoms with Gasteiger partial charge in [0.25, 0.3) is 5.91 Å². The summed E-state index contributed by atoms with van der Waals surface area (Å²) in [6.07, 6.45) is 9.22. The molecule has 0 radical (unpaired) electrons. The van der Waals surface area contributed by atoms with Crippen LogP contribution in [-0.4, -0.2) is 43.8 Å². The summed E-state index contributed by atoms with van der Waals surface area (Å²) in [6.45, 7) is 1.28. The molecule has 5 rings (SSSR count). The summed E-state index contributed by atoms with van der Waals surface area (Å²) in [6, 6.07) is 15.6. The molecule has 1 amide bonds. The quantitative estimate of drug-likeness (QED) is 0.478. The van der Waals surface area contributed by atoms with Gasteiger partial charge < -0.3 is 9.32 Å². The number of nitrogens with zero attached hydrogens (tertiary/aromatic N) is 5. The van der Waals surface area contributed by atoms with Crippen LogP contribution < -0.4 is 0 Å². The third kappa shape index (κ3) is 4.42. The van der Waals surface area contributed by atoms with E-state index in [4.69, 9.17) is 4.42 Å². The van der Waals surface area contributed by atoms with E-state index in [1.54, 1.807) is 24.7 Å². The van der Waals surface area contributed by atoms with Crippen molar-refractivity contribution >= 4 is 5.91 Å². The Labute approximate surface area is 186 Å². The van der Waals surface area contributed by atoms with Crippen LogP contribution in [0.4, 0.5) is 0 Å². The Bertz CT molecular complexity index is 1190. The van der Waals surface area contributed by atoms with Crippen molar-refractivity contribution < 1.29 is 9.21 Å². The van der Waals surface area contributed by atoms with E-state index in [1.165, 1.54) is 11.9 Å². The van der Waals surface area contributed by atoms with E-state index in [1.807, 2.05) is 35.2 Å². The maximum absolute atomic E-state index is 13.2. The highest BCUT2D eigenvalue weighted by molar-refractivity contribution is 5.93. The van der Waals surface area contributed by atoms with Gasteiger partial charge in [-0.05, 0) is 30.5 Å². The molecule has 3 aromatic heterocycles. The van der Waals surface area contributed by atoms with Crippen molar-refractivity contribution in [1.29, 1.82) is 0 Å². The van der Waals surface area contributed by atoms with Gasteiger partial charge in [0.05, 0.1) is 17.8 Å². The number of oxazole rings is 1. The van der Waals surface area contributed by atoms with Gasteiger partial charge in [-0.2, -0.15) is 0 Å². The lowest BCUT2D eigenvalue weighted by atomic mass is 9.97. The van der Waals surface area contributed by atoms with E-state index in [0.717, 1.165) is 24.2 Å². The normalized spacial score (nSPS) is 16.1. The number of hydrogen-bond donors (Lipinski definition) is 0. The molecule has 160 valence electrons. The van der Waals surface area contributed by atoms with Crippen molar-refractivity contribution in [3.05, 3.63) is 96.4 Å². The molecule has 1 aliphatic heterocycles. The molecule has 0 N–H and O–H groups in total. The topological polar surface area (TPSA) is 85.0 Å². The van der Waals surface area contributed by atoms with Crippen LogP contribution in [0.2, 0.25) is 0 Å². The van der Waals surface area contributed by atoms with Crippen LogP contribution in [0.15, 0.2) is 77.9 Å². The van der Waals surface area contributed by atoms with Crippen LogP contribution in [0.3, 0.4) is 0 Å². The maximum atomic E-state index is 13.2. The van der Waals surface area contributed by atoms with E-state index >= 15 is 0 Å². The summed E-state index contributed by atoms with van der Waals surface area (Å²) in [5.74, 6) is 1.55. The minimum Gasteiger partial charge on any atom is -0.445 e. The van der Waals surface area contributed by atoms with Gasteiger partial charge in [0.15, 0.2) is 5.89 Å². The van der Waals surface area contributed by atoms with E-state index in [0.29, 0.717) is 36.8 Å². The summed E-state index contributed by atoms with van der Waals surface area (Å²) < 4.78 is 6.06. The predicted molar refractivity (Wildman–Crippen MR) is 119 cm³/mol. The number of hydrogen-bond acceptors (Lipinski definition) is 6. The predicted octanol–water partition coefficient (Wildman–Crippen LogP) is 4.14. The maximum Gasteiger partial charge on any atom is 0.272 e. The molecule has 1 fully saturated rings. The van der Waals surface area contributed by atoms with Crippen molar-refractivity contribution in [2.24, 2.45) is 0 Å². The molecule has 7 nitrogen and oxygen atoms in total. The fraction of sp³-hybridized carbons (Fsp3) is 0.240. The standard InChI is InChI=1S/C25H23N5O2/c31-25(23-10-4-9-22(29-23)20-13-26-17-27-14-20)30-11-5-8-19(16-30)24-28-15-21(32-24)12-18-6-2-1-3-7-18/h1-4,6-7,9-10,13-15,17,19H,5,8,11-12,16H2. The number of aromatic nitrogens is 4. The fourth-order valence-electron chi connectivity index (χ4n) is 4.06. The number of carbonyl (C=O) groups is 1. The number of likely N-dealkylation sites (tertiary alicyclic amines) is 1. The summed E-state index contributed by atoms with van der Waals surface area (Å²) in [7, 11) is 0. The molecule has 1 aromatic carbocycles. The Balaban J connectivity index is 1.29. The number of rotatable bonds is 5. The van der Waals surface area contributed by atoms with Crippen LogP contribution in [0.25, 0.3) is 11.3 Å². The van der Waals surface area contributed by atoms with E-state index < -0.39 is 0 Å². The minimum atomic E-state index is -0.0792. The third-order valence-corrected chi connectivity index (χ3v) is 5.68. The molecule has 0 saturated carbocycles. The van der Waals surface area contributed by atoms with Crippen LogP contribution in [0, 0.1) is 0 Å². The first-order valence-corrected chi connectivity index (χ1v) is 10.8. The van der Waals surface area contributed by atoms with E-state index in [-0.39, 0.29) is 11.8 Å². The average Bonchev–Trinajstić information content (AvgIpc) is 3.33. The molecular formula is C25H23N5O2. The molecule has 4 aromatic rings. The molecule has 32 heavy (non-hydrogen) atoms. The highest BCUT2D eigenvalue weighted by Gasteiger charge is 2.29. The van der Waals surface area contributed by atoms with Gasteiger partial charge in [0, 0.05) is 37.5 Å². The second kappa shape index (κ2) is 9.09. The molecule has 1 atom stereocenters. The zero-order valence-electron chi connectivity index (χ0n) is 17.6. The van der Waals surface area contributed by atoms with Gasteiger partial charge in [-0.25, -0.2) is 19.9 Å².